The van der Waals surface area contributed by atoms with Crippen molar-refractivity contribution in [1.29, 1.82) is 0 Å². The van der Waals surface area contributed by atoms with Crippen LogP contribution in [-0.2, 0) is 4.79 Å². The first-order valence-corrected chi connectivity index (χ1v) is 6.68. The molecule has 2 rings (SSSR count). The van der Waals surface area contributed by atoms with Crippen molar-refractivity contribution in [3.63, 3.8) is 0 Å². The van der Waals surface area contributed by atoms with Crippen molar-refractivity contribution in [3.8, 4) is 5.75 Å². The van der Waals surface area contributed by atoms with E-state index >= 15 is 0 Å². The largest absolute Gasteiger partial charge is 0.497 e. The molecule has 2 aromatic rings. The van der Waals surface area contributed by atoms with Crippen LogP contribution in [0.5, 0.6) is 5.75 Å². The van der Waals surface area contributed by atoms with Gasteiger partial charge in [0, 0.05) is 11.7 Å². The average molecular weight is 289 g/mol. The molecule has 6 heteroatoms. The highest BCUT2D eigenvalue weighted by molar-refractivity contribution is 5.78. The van der Waals surface area contributed by atoms with E-state index in [1.165, 1.54) is 0 Å². The van der Waals surface area contributed by atoms with Crippen molar-refractivity contribution < 1.29 is 14.6 Å². The zero-order valence-corrected chi connectivity index (χ0v) is 12.3. The highest BCUT2D eigenvalue weighted by Gasteiger charge is 2.24. The van der Waals surface area contributed by atoms with Gasteiger partial charge in [0.1, 0.15) is 5.75 Å². The van der Waals surface area contributed by atoms with Gasteiger partial charge in [0.15, 0.2) is 6.04 Å². The van der Waals surface area contributed by atoms with Crippen LogP contribution in [0, 0.1) is 0 Å². The summed E-state index contributed by atoms with van der Waals surface area (Å²) in [6.45, 7) is 3.97. The van der Waals surface area contributed by atoms with Crippen molar-refractivity contribution in [2.75, 3.05) is 12.4 Å². The maximum atomic E-state index is 11.6. The minimum absolute atomic E-state index is 0.141. The van der Waals surface area contributed by atoms with E-state index in [-0.39, 0.29) is 6.04 Å². The van der Waals surface area contributed by atoms with Gasteiger partial charge in [-0.05, 0) is 38.1 Å². The molecule has 21 heavy (non-hydrogen) atoms. The van der Waals surface area contributed by atoms with Gasteiger partial charge in [-0.3, -0.25) is 0 Å². The second kappa shape index (κ2) is 6.30. The minimum Gasteiger partial charge on any atom is -0.497 e. The van der Waals surface area contributed by atoms with Gasteiger partial charge in [-0.1, -0.05) is 0 Å². The van der Waals surface area contributed by atoms with Gasteiger partial charge in [0.05, 0.1) is 25.3 Å². The van der Waals surface area contributed by atoms with Crippen LogP contribution >= 0.6 is 0 Å². The molecule has 1 atom stereocenters. The number of nitrogens with zero attached hydrogens (tertiary/aromatic N) is 2. The standard InChI is InChI=1S/C15H19N3O3/c1-10(2)18-9-16-8-13(18)14(15(19)20)17-11-4-6-12(21-3)7-5-11/h4-10,14,17H,1-3H3,(H,19,20). The Bertz CT molecular complexity index is 605. The summed E-state index contributed by atoms with van der Waals surface area (Å²) in [7, 11) is 1.59. The fraction of sp³-hybridized carbons (Fsp3) is 0.333. The third-order valence-electron chi connectivity index (χ3n) is 3.20. The molecule has 0 saturated heterocycles. The molecular weight excluding hydrogens is 270 g/mol. The molecule has 0 aliphatic carbocycles. The Morgan fingerprint density at radius 1 is 1.33 bits per heavy atom. The number of carbonyl (C=O) groups is 1. The van der Waals surface area contributed by atoms with Crippen molar-refractivity contribution in [1.82, 2.24) is 9.55 Å². The number of hydrogen-bond donors (Lipinski definition) is 2. The number of aliphatic carboxylic acids is 1. The summed E-state index contributed by atoms with van der Waals surface area (Å²) in [6, 6.07) is 6.41. The molecule has 1 heterocycles. The van der Waals surface area contributed by atoms with E-state index in [2.05, 4.69) is 10.3 Å². The van der Waals surface area contributed by atoms with Crippen LogP contribution < -0.4 is 10.1 Å². The predicted octanol–water partition coefficient (Wildman–Crippen LogP) is 2.71. The lowest BCUT2D eigenvalue weighted by Crippen LogP contribution is -2.24. The number of methoxy groups -OCH3 is 1. The third kappa shape index (κ3) is 3.34. The summed E-state index contributed by atoms with van der Waals surface area (Å²) in [4.78, 5) is 15.6. The monoisotopic (exact) mass is 289 g/mol. The summed E-state index contributed by atoms with van der Waals surface area (Å²) in [5, 5.41) is 12.5. The first-order chi connectivity index (χ1) is 10.0. The molecular formula is C15H19N3O3. The van der Waals surface area contributed by atoms with Crippen LogP contribution in [-0.4, -0.2) is 27.7 Å². The summed E-state index contributed by atoms with van der Waals surface area (Å²) >= 11 is 0. The maximum absolute atomic E-state index is 11.6. The molecule has 0 bridgehead atoms. The first-order valence-electron chi connectivity index (χ1n) is 6.68. The van der Waals surface area contributed by atoms with Crippen molar-refractivity contribution in [2.24, 2.45) is 0 Å². The second-order valence-electron chi connectivity index (χ2n) is 4.96. The Labute approximate surface area is 123 Å². The zero-order chi connectivity index (χ0) is 15.4. The highest BCUT2D eigenvalue weighted by atomic mass is 16.5. The highest BCUT2D eigenvalue weighted by Crippen LogP contribution is 2.23. The van der Waals surface area contributed by atoms with E-state index in [1.54, 1.807) is 43.9 Å². The Morgan fingerprint density at radius 2 is 2.00 bits per heavy atom. The van der Waals surface area contributed by atoms with Gasteiger partial charge in [-0.2, -0.15) is 0 Å². The van der Waals surface area contributed by atoms with Gasteiger partial charge < -0.3 is 19.7 Å². The maximum Gasteiger partial charge on any atom is 0.332 e. The number of carboxylic acid groups (broad SMARTS) is 1. The lowest BCUT2D eigenvalue weighted by molar-refractivity contribution is -0.138. The summed E-state index contributed by atoms with van der Waals surface area (Å²) in [5.41, 5.74) is 1.33. The minimum atomic E-state index is -0.951. The topological polar surface area (TPSA) is 76.4 Å². The summed E-state index contributed by atoms with van der Waals surface area (Å²) in [5.74, 6) is -0.229. The quantitative estimate of drug-likeness (QED) is 0.855. The second-order valence-corrected chi connectivity index (χ2v) is 4.96. The molecule has 6 nitrogen and oxygen atoms in total. The normalized spacial score (nSPS) is 12.2. The number of rotatable bonds is 6. The molecule has 0 spiro atoms. The fourth-order valence-corrected chi connectivity index (χ4v) is 2.09. The van der Waals surface area contributed by atoms with Gasteiger partial charge in [-0.25, -0.2) is 9.78 Å². The van der Waals surface area contributed by atoms with Crippen LogP contribution in [0.15, 0.2) is 36.8 Å². The molecule has 1 aromatic carbocycles. The fourth-order valence-electron chi connectivity index (χ4n) is 2.09. The van der Waals surface area contributed by atoms with Crippen molar-refractivity contribution >= 4 is 11.7 Å². The van der Waals surface area contributed by atoms with E-state index in [1.807, 2.05) is 18.4 Å². The number of ether oxygens (including phenoxy) is 1. The van der Waals surface area contributed by atoms with Crippen LogP contribution in [0.25, 0.3) is 0 Å². The smallest absolute Gasteiger partial charge is 0.332 e. The Morgan fingerprint density at radius 3 is 2.52 bits per heavy atom. The molecule has 2 N–H and O–H groups in total. The molecule has 112 valence electrons. The van der Waals surface area contributed by atoms with Gasteiger partial charge >= 0.3 is 5.97 Å². The lowest BCUT2D eigenvalue weighted by atomic mass is 10.2. The molecule has 0 amide bonds. The van der Waals surface area contributed by atoms with Gasteiger partial charge in [0.25, 0.3) is 0 Å². The van der Waals surface area contributed by atoms with Crippen LogP contribution in [0.4, 0.5) is 5.69 Å². The number of aromatic nitrogens is 2. The van der Waals surface area contributed by atoms with Gasteiger partial charge in [-0.15, -0.1) is 0 Å². The first kappa shape index (κ1) is 14.9. The molecule has 0 aliphatic rings. The predicted molar refractivity (Wildman–Crippen MR) is 79.6 cm³/mol. The van der Waals surface area contributed by atoms with Crippen LogP contribution in [0.3, 0.4) is 0 Å². The number of hydrogen-bond acceptors (Lipinski definition) is 4. The Kier molecular flexibility index (Phi) is 4.47. The number of benzene rings is 1. The number of anilines is 1. The summed E-state index contributed by atoms with van der Waals surface area (Å²) in [6.07, 6.45) is 3.22. The SMILES string of the molecule is COc1ccc(NC(C(=O)O)c2cncn2C(C)C)cc1. The number of imidazole rings is 1. The lowest BCUT2D eigenvalue weighted by Gasteiger charge is -2.19. The van der Waals surface area contributed by atoms with E-state index < -0.39 is 12.0 Å². The molecule has 0 saturated carbocycles. The third-order valence-corrected chi connectivity index (χ3v) is 3.20. The Hall–Kier alpha value is -2.50. The van der Waals surface area contributed by atoms with E-state index in [0.717, 1.165) is 5.75 Å². The molecule has 0 fully saturated rings. The van der Waals surface area contributed by atoms with Crippen LogP contribution in [0.1, 0.15) is 31.6 Å². The van der Waals surface area contributed by atoms with E-state index in [9.17, 15) is 9.90 Å². The van der Waals surface area contributed by atoms with Crippen LogP contribution in [0.2, 0.25) is 0 Å². The molecule has 0 aliphatic heterocycles. The summed E-state index contributed by atoms with van der Waals surface area (Å²) < 4.78 is 6.93. The van der Waals surface area contributed by atoms with Gasteiger partial charge in [0.2, 0.25) is 0 Å². The molecule has 1 unspecified atom stereocenters. The van der Waals surface area contributed by atoms with E-state index in [0.29, 0.717) is 11.4 Å². The number of carboxylic acids is 1. The molecule has 0 radical (unpaired) electrons. The Balaban J connectivity index is 2.26. The molecule has 1 aromatic heterocycles. The zero-order valence-electron chi connectivity index (χ0n) is 12.3. The van der Waals surface area contributed by atoms with E-state index in [4.69, 9.17) is 4.74 Å². The van der Waals surface area contributed by atoms with Crippen molar-refractivity contribution in [2.45, 2.75) is 25.9 Å². The number of nitrogens with one attached hydrogen (secondary N) is 1. The van der Waals surface area contributed by atoms with Crippen molar-refractivity contribution in [3.05, 3.63) is 42.5 Å². The average Bonchev–Trinajstić information content (AvgIpc) is 2.94.